The average molecular weight is 376 g/mol. The predicted molar refractivity (Wildman–Crippen MR) is 90.5 cm³/mol. The second-order valence-electron chi connectivity index (χ2n) is 5.48. The first-order valence-electron chi connectivity index (χ1n) is 7.25. The molecule has 10 heteroatoms. The molecule has 2 rings (SSSR count). The van der Waals surface area contributed by atoms with Gasteiger partial charge < -0.3 is 20.6 Å². The first-order valence-corrected chi connectivity index (χ1v) is 7.63. The number of nitrogens with one attached hydrogen (secondary N) is 2. The standard InChI is InChI=1S/C15H17ClF3N5O/c1-24(2)6-5-20-14-22-12(15(17,18)19)8-13(23-14)21-11-4-3-9(25)7-10(11)16/h3-4,7-8,25H,5-6H2,1-2H3,(H2,20,21,22,23). The number of aromatic hydroxyl groups is 1. The Morgan fingerprint density at radius 3 is 2.52 bits per heavy atom. The van der Waals surface area contributed by atoms with Gasteiger partial charge >= 0.3 is 6.18 Å². The van der Waals surface area contributed by atoms with E-state index in [0.29, 0.717) is 18.8 Å². The number of rotatable bonds is 6. The highest BCUT2D eigenvalue weighted by atomic mass is 35.5. The van der Waals surface area contributed by atoms with Crippen LogP contribution in [0.2, 0.25) is 5.02 Å². The maximum atomic E-state index is 13.1. The predicted octanol–water partition coefficient (Wildman–Crippen LogP) is 3.57. The number of anilines is 3. The summed E-state index contributed by atoms with van der Waals surface area (Å²) >= 11 is 5.96. The Hall–Kier alpha value is -2.26. The summed E-state index contributed by atoms with van der Waals surface area (Å²) in [7, 11) is 3.68. The summed E-state index contributed by atoms with van der Waals surface area (Å²) < 4.78 is 39.2. The quantitative estimate of drug-likeness (QED) is 0.670. The minimum atomic E-state index is -4.61. The van der Waals surface area contributed by atoms with Crippen LogP contribution in [0.5, 0.6) is 5.75 Å². The van der Waals surface area contributed by atoms with Crippen molar-refractivity contribution in [1.29, 1.82) is 0 Å². The van der Waals surface area contributed by atoms with Crippen LogP contribution in [-0.2, 0) is 6.18 Å². The molecule has 0 saturated carbocycles. The van der Waals surface area contributed by atoms with E-state index >= 15 is 0 Å². The van der Waals surface area contributed by atoms with Crippen molar-refractivity contribution < 1.29 is 18.3 Å². The Morgan fingerprint density at radius 2 is 1.92 bits per heavy atom. The lowest BCUT2D eigenvalue weighted by molar-refractivity contribution is -0.141. The van der Waals surface area contributed by atoms with Crippen LogP contribution in [0.25, 0.3) is 0 Å². The molecule has 6 nitrogen and oxygen atoms in total. The molecule has 0 unspecified atom stereocenters. The fraction of sp³-hybridized carbons (Fsp3) is 0.333. The van der Waals surface area contributed by atoms with Gasteiger partial charge in [-0.2, -0.15) is 18.2 Å². The van der Waals surface area contributed by atoms with Crippen molar-refractivity contribution in [3.05, 3.63) is 35.0 Å². The number of phenolic OH excluding ortho intramolecular Hbond substituents is 1. The molecule has 2 aromatic rings. The molecule has 0 aliphatic heterocycles. The molecule has 25 heavy (non-hydrogen) atoms. The maximum absolute atomic E-state index is 13.1. The molecule has 1 heterocycles. The molecule has 3 N–H and O–H groups in total. The summed E-state index contributed by atoms with van der Waals surface area (Å²) in [5, 5.41) is 15.0. The molecule has 0 spiro atoms. The van der Waals surface area contributed by atoms with Crippen molar-refractivity contribution in [1.82, 2.24) is 14.9 Å². The number of hydrogen-bond acceptors (Lipinski definition) is 6. The number of hydrogen-bond donors (Lipinski definition) is 3. The van der Waals surface area contributed by atoms with Gasteiger partial charge in [-0.3, -0.25) is 0 Å². The van der Waals surface area contributed by atoms with Crippen molar-refractivity contribution in [2.75, 3.05) is 37.8 Å². The van der Waals surface area contributed by atoms with E-state index < -0.39 is 11.9 Å². The fourth-order valence-electron chi connectivity index (χ4n) is 1.87. The number of phenols is 1. The van der Waals surface area contributed by atoms with E-state index in [0.717, 1.165) is 6.07 Å². The van der Waals surface area contributed by atoms with E-state index in [1.165, 1.54) is 18.2 Å². The molecule has 0 fully saturated rings. The molecular weight excluding hydrogens is 359 g/mol. The number of nitrogens with zero attached hydrogens (tertiary/aromatic N) is 3. The Balaban J connectivity index is 2.29. The normalized spacial score (nSPS) is 11.6. The molecule has 0 bridgehead atoms. The first-order chi connectivity index (χ1) is 11.6. The van der Waals surface area contributed by atoms with Crippen LogP contribution in [-0.4, -0.2) is 47.2 Å². The van der Waals surface area contributed by atoms with Gasteiger partial charge in [0.2, 0.25) is 5.95 Å². The first kappa shape index (κ1) is 19.1. The van der Waals surface area contributed by atoms with E-state index in [4.69, 9.17) is 11.6 Å². The van der Waals surface area contributed by atoms with Crippen LogP contribution in [0.15, 0.2) is 24.3 Å². The third-order valence-electron chi connectivity index (χ3n) is 3.07. The second-order valence-corrected chi connectivity index (χ2v) is 5.89. The lowest BCUT2D eigenvalue weighted by Gasteiger charge is -2.14. The van der Waals surface area contributed by atoms with Gasteiger partial charge in [-0.1, -0.05) is 11.6 Å². The van der Waals surface area contributed by atoms with Gasteiger partial charge in [0, 0.05) is 25.2 Å². The van der Waals surface area contributed by atoms with Crippen LogP contribution in [0.3, 0.4) is 0 Å². The summed E-state index contributed by atoms with van der Waals surface area (Å²) in [5.74, 6) is -0.267. The van der Waals surface area contributed by atoms with E-state index in [-0.39, 0.29) is 22.5 Å². The van der Waals surface area contributed by atoms with Crippen LogP contribution in [0, 0.1) is 0 Å². The molecule has 0 radical (unpaired) electrons. The number of benzene rings is 1. The van der Waals surface area contributed by atoms with Gasteiger partial charge in [0.05, 0.1) is 10.7 Å². The molecule has 1 aromatic carbocycles. The van der Waals surface area contributed by atoms with Crippen LogP contribution in [0.1, 0.15) is 5.69 Å². The van der Waals surface area contributed by atoms with Gasteiger partial charge in [0.25, 0.3) is 0 Å². The number of alkyl halides is 3. The Kier molecular flexibility index (Phi) is 5.91. The number of halogens is 4. The fourth-order valence-corrected chi connectivity index (χ4v) is 2.09. The van der Waals surface area contributed by atoms with E-state index in [1.807, 2.05) is 19.0 Å². The van der Waals surface area contributed by atoms with Crippen LogP contribution >= 0.6 is 11.6 Å². The molecule has 0 aliphatic carbocycles. The summed E-state index contributed by atoms with van der Waals surface area (Å²) in [4.78, 5) is 9.40. The summed E-state index contributed by atoms with van der Waals surface area (Å²) in [6.07, 6.45) is -4.61. The van der Waals surface area contributed by atoms with Crippen LogP contribution in [0.4, 0.5) is 30.6 Å². The minimum Gasteiger partial charge on any atom is -0.508 e. The van der Waals surface area contributed by atoms with Crippen molar-refractivity contribution >= 4 is 29.1 Å². The smallest absolute Gasteiger partial charge is 0.433 e. The van der Waals surface area contributed by atoms with Crippen molar-refractivity contribution in [2.24, 2.45) is 0 Å². The average Bonchev–Trinajstić information content (AvgIpc) is 2.49. The van der Waals surface area contributed by atoms with Crippen molar-refractivity contribution in [3.63, 3.8) is 0 Å². The molecule has 0 saturated heterocycles. The summed E-state index contributed by atoms with van der Waals surface area (Å²) in [5.41, 5.74) is -0.766. The summed E-state index contributed by atoms with van der Waals surface area (Å²) in [6, 6.07) is 4.86. The zero-order chi connectivity index (χ0) is 18.6. The summed E-state index contributed by atoms with van der Waals surface area (Å²) in [6.45, 7) is 0.986. The van der Waals surface area contributed by atoms with Gasteiger partial charge in [0.15, 0.2) is 5.69 Å². The van der Waals surface area contributed by atoms with Crippen LogP contribution < -0.4 is 10.6 Å². The lowest BCUT2D eigenvalue weighted by Crippen LogP contribution is -2.22. The highest BCUT2D eigenvalue weighted by molar-refractivity contribution is 6.33. The van der Waals surface area contributed by atoms with E-state index in [1.54, 1.807) is 0 Å². The lowest BCUT2D eigenvalue weighted by atomic mass is 10.3. The molecular formula is C15H17ClF3N5O. The molecule has 136 valence electrons. The van der Waals surface area contributed by atoms with Gasteiger partial charge in [-0.05, 0) is 26.2 Å². The van der Waals surface area contributed by atoms with Gasteiger partial charge in [0.1, 0.15) is 11.6 Å². The van der Waals surface area contributed by atoms with Crippen molar-refractivity contribution in [2.45, 2.75) is 6.18 Å². The van der Waals surface area contributed by atoms with E-state index in [9.17, 15) is 18.3 Å². The highest BCUT2D eigenvalue weighted by Crippen LogP contribution is 2.32. The zero-order valence-corrected chi connectivity index (χ0v) is 14.3. The topological polar surface area (TPSA) is 73.3 Å². The third-order valence-corrected chi connectivity index (χ3v) is 3.39. The number of aromatic nitrogens is 2. The third kappa shape index (κ3) is 5.64. The van der Waals surface area contributed by atoms with E-state index in [2.05, 4.69) is 20.6 Å². The largest absolute Gasteiger partial charge is 0.508 e. The van der Waals surface area contributed by atoms with Gasteiger partial charge in [-0.15, -0.1) is 0 Å². The number of likely N-dealkylation sites (N-methyl/N-ethyl adjacent to an activating group) is 1. The molecule has 0 amide bonds. The Bertz CT molecular complexity index is 740. The molecule has 0 atom stereocenters. The maximum Gasteiger partial charge on any atom is 0.433 e. The molecule has 1 aromatic heterocycles. The molecule has 0 aliphatic rings. The monoisotopic (exact) mass is 375 g/mol. The van der Waals surface area contributed by atoms with Gasteiger partial charge in [-0.25, -0.2) is 4.98 Å². The highest BCUT2D eigenvalue weighted by Gasteiger charge is 2.33. The SMILES string of the molecule is CN(C)CCNc1nc(Nc2ccc(O)cc2Cl)cc(C(F)(F)F)n1. The Labute approximate surface area is 147 Å². The van der Waals surface area contributed by atoms with Crippen molar-refractivity contribution in [3.8, 4) is 5.75 Å². The zero-order valence-electron chi connectivity index (χ0n) is 13.5. The minimum absolute atomic E-state index is 0.0553. The Morgan fingerprint density at radius 1 is 1.20 bits per heavy atom. The second kappa shape index (κ2) is 7.75.